The lowest BCUT2D eigenvalue weighted by Crippen LogP contribution is -2.40. The van der Waals surface area contributed by atoms with Crippen LogP contribution in [0.25, 0.3) is 11.1 Å². The van der Waals surface area contributed by atoms with Gasteiger partial charge in [-0.1, -0.05) is 54.1 Å². The fourth-order valence-electron chi connectivity index (χ4n) is 4.18. The Morgan fingerprint density at radius 1 is 1.00 bits per heavy atom. The number of rotatable bonds is 7. The highest BCUT2D eigenvalue weighted by molar-refractivity contribution is 7.89. The molecule has 0 aliphatic carbocycles. The summed E-state index contributed by atoms with van der Waals surface area (Å²) in [6, 6.07) is 20.5. The number of hydrogen-bond donors (Lipinski definition) is 0. The Hall–Kier alpha value is -2.83. The first kappa shape index (κ1) is 22.4. The van der Waals surface area contributed by atoms with Crippen molar-refractivity contribution >= 4 is 15.8 Å². The molecule has 0 radical (unpaired) electrons. The van der Waals surface area contributed by atoms with E-state index in [9.17, 15) is 17.6 Å². The van der Waals surface area contributed by atoms with Crippen molar-refractivity contribution in [1.29, 1.82) is 0 Å². The van der Waals surface area contributed by atoms with Crippen LogP contribution in [0.2, 0.25) is 0 Å². The monoisotopic (exact) mass is 451 g/mol. The van der Waals surface area contributed by atoms with Gasteiger partial charge in [0.2, 0.25) is 10.0 Å². The summed E-state index contributed by atoms with van der Waals surface area (Å²) in [6.45, 7) is 2.35. The lowest BCUT2D eigenvalue weighted by Gasteiger charge is -2.23. The quantitative estimate of drug-likeness (QED) is 0.499. The molecule has 1 aliphatic rings. The normalized spacial score (nSPS) is 16.9. The largest absolute Gasteiger partial charge is 0.298 e. The molecule has 1 fully saturated rings. The number of nitrogens with zero attached hydrogens (tertiary/aromatic N) is 1. The molecule has 1 heterocycles. The molecule has 0 spiro atoms. The number of hydrogen-bond acceptors (Lipinski definition) is 3. The second-order valence-corrected chi connectivity index (χ2v) is 10.2. The molecular formula is C26H26FNO3S. The highest BCUT2D eigenvalue weighted by Gasteiger charge is 2.38. The third kappa shape index (κ3) is 4.81. The molecule has 3 aromatic carbocycles. The van der Waals surface area contributed by atoms with Crippen LogP contribution in [-0.2, 0) is 21.2 Å². The zero-order valence-corrected chi connectivity index (χ0v) is 18.8. The summed E-state index contributed by atoms with van der Waals surface area (Å²) in [4.78, 5) is 13.0. The molecule has 0 aromatic heterocycles. The predicted octanol–water partition coefficient (Wildman–Crippen LogP) is 5.16. The smallest absolute Gasteiger partial charge is 0.243 e. The van der Waals surface area contributed by atoms with Crippen molar-refractivity contribution in [2.45, 2.75) is 43.5 Å². The maximum Gasteiger partial charge on any atom is 0.243 e. The Kier molecular flexibility index (Phi) is 6.53. The number of halogens is 1. The zero-order chi connectivity index (χ0) is 22.7. The van der Waals surface area contributed by atoms with Crippen LogP contribution in [0.15, 0.2) is 77.7 Å². The number of carbonyl (C=O) groups excluding carboxylic acids is 1. The highest BCUT2D eigenvalue weighted by Crippen LogP contribution is 2.28. The van der Waals surface area contributed by atoms with Gasteiger partial charge in [0.1, 0.15) is 5.82 Å². The van der Waals surface area contributed by atoms with Crippen molar-refractivity contribution in [3.05, 3.63) is 89.7 Å². The lowest BCUT2D eigenvalue weighted by atomic mass is 9.98. The van der Waals surface area contributed by atoms with Crippen LogP contribution in [0, 0.1) is 12.7 Å². The van der Waals surface area contributed by atoms with Gasteiger partial charge in [0, 0.05) is 13.0 Å². The summed E-state index contributed by atoms with van der Waals surface area (Å²) in [5.74, 6) is -0.570. The third-order valence-electron chi connectivity index (χ3n) is 5.97. The van der Waals surface area contributed by atoms with Gasteiger partial charge in [-0.2, -0.15) is 4.31 Å². The fourth-order valence-corrected chi connectivity index (χ4v) is 5.86. The standard InChI is InChI=1S/C26H26FNO3S/c1-19-7-10-21(11-8-19)22-5-2-4-20(18-22)9-16-26(29)25-6-3-17-28(25)32(30,31)24-14-12-23(27)13-15-24/h2,4-5,7-8,10-15,18,25H,3,6,9,16-17H2,1H3/t25-/m0/s1. The minimum absolute atomic E-state index is 0.0180. The van der Waals surface area contributed by atoms with Gasteiger partial charge in [-0.3, -0.25) is 4.79 Å². The molecule has 32 heavy (non-hydrogen) atoms. The molecule has 4 rings (SSSR count). The Morgan fingerprint density at radius 2 is 1.72 bits per heavy atom. The molecule has 1 aliphatic heterocycles. The first-order chi connectivity index (χ1) is 15.3. The molecule has 1 saturated heterocycles. The van der Waals surface area contributed by atoms with Gasteiger partial charge in [-0.25, -0.2) is 12.8 Å². The summed E-state index contributed by atoms with van der Waals surface area (Å²) in [5, 5.41) is 0. The van der Waals surface area contributed by atoms with E-state index >= 15 is 0 Å². The first-order valence-corrected chi connectivity index (χ1v) is 12.2. The lowest BCUT2D eigenvalue weighted by molar-refractivity contribution is -0.122. The van der Waals surface area contributed by atoms with E-state index in [1.807, 2.05) is 18.2 Å². The van der Waals surface area contributed by atoms with Crippen molar-refractivity contribution in [2.75, 3.05) is 6.54 Å². The van der Waals surface area contributed by atoms with Crippen LogP contribution in [0.5, 0.6) is 0 Å². The van der Waals surface area contributed by atoms with Crippen molar-refractivity contribution in [3.8, 4) is 11.1 Å². The van der Waals surface area contributed by atoms with E-state index in [1.165, 1.54) is 22.0 Å². The Labute approximate surface area is 188 Å². The minimum atomic E-state index is -3.83. The number of sulfonamides is 1. The molecule has 3 aromatic rings. The molecule has 6 heteroatoms. The Balaban J connectivity index is 1.45. The molecule has 0 N–H and O–H groups in total. The zero-order valence-electron chi connectivity index (χ0n) is 18.0. The molecule has 166 valence electrons. The van der Waals surface area contributed by atoms with Gasteiger partial charge < -0.3 is 0 Å². The summed E-state index contributed by atoms with van der Waals surface area (Å²) in [7, 11) is -3.83. The van der Waals surface area contributed by atoms with Crippen LogP contribution < -0.4 is 0 Å². The van der Waals surface area contributed by atoms with Gasteiger partial charge >= 0.3 is 0 Å². The summed E-state index contributed by atoms with van der Waals surface area (Å²) in [6.07, 6.45) is 1.99. The Morgan fingerprint density at radius 3 is 2.44 bits per heavy atom. The average molecular weight is 452 g/mol. The molecule has 1 atom stereocenters. The van der Waals surface area contributed by atoms with Crippen molar-refractivity contribution < 1.29 is 17.6 Å². The summed E-state index contributed by atoms with van der Waals surface area (Å²) < 4.78 is 40.5. The van der Waals surface area contributed by atoms with E-state index < -0.39 is 21.9 Å². The second-order valence-electron chi connectivity index (χ2n) is 8.26. The van der Waals surface area contributed by atoms with Crippen molar-refractivity contribution in [1.82, 2.24) is 4.31 Å². The van der Waals surface area contributed by atoms with Crippen LogP contribution in [0.3, 0.4) is 0 Å². The number of aryl methyl sites for hydroxylation is 2. The van der Waals surface area contributed by atoms with E-state index in [2.05, 4.69) is 37.3 Å². The number of ketones is 1. The molecule has 0 unspecified atom stereocenters. The molecule has 0 amide bonds. The minimum Gasteiger partial charge on any atom is -0.298 e. The van der Waals surface area contributed by atoms with E-state index in [0.29, 0.717) is 25.8 Å². The van der Waals surface area contributed by atoms with Crippen molar-refractivity contribution in [3.63, 3.8) is 0 Å². The van der Waals surface area contributed by atoms with Gasteiger partial charge in [-0.05, 0) is 67.1 Å². The van der Waals surface area contributed by atoms with Crippen LogP contribution >= 0.6 is 0 Å². The Bertz CT molecular complexity index is 1200. The second kappa shape index (κ2) is 9.35. The van der Waals surface area contributed by atoms with Gasteiger partial charge in [-0.15, -0.1) is 0 Å². The molecular weight excluding hydrogens is 425 g/mol. The molecule has 0 saturated carbocycles. The van der Waals surface area contributed by atoms with Crippen LogP contribution in [0.4, 0.5) is 4.39 Å². The van der Waals surface area contributed by atoms with E-state index in [4.69, 9.17) is 0 Å². The number of benzene rings is 3. The van der Waals surface area contributed by atoms with Crippen LogP contribution in [-0.4, -0.2) is 31.1 Å². The van der Waals surface area contributed by atoms with Gasteiger partial charge in [0.15, 0.2) is 5.78 Å². The van der Waals surface area contributed by atoms with Crippen LogP contribution in [0.1, 0.15) is 30.4 Å². The first-order valence-electron chi connectivity index (χ1n) is 10.8. The average Bonchev–Trinajstić information content (AvgIpc) is 3.30. The SMILES string of the molecule is Cc1ccc(-c2cccc(CCC(=O)[C@@H]3CCCN3S(=O)(=O)c3ccc(F)cc3)c2)cc1. The maximum atomic E-state index is 13.2. The fraction of sp³-hybridized carbons (Fsp3) is 0.269. The van der Waals surface area contributed by atoms with Gasteiger partial charge in [0.25, 0.3) is 0 Å². The number of carbonyl (C=O) groups is 1. The summed E-state index contributed by atoms with van der Waals surface area (Å²) >= 11 is 0. The van der Waals surface area contributed by atoms with E-state index in [0.717, 1.165) is 28.8 Å². The highest BCUT2D eigenvalue weighted by atomic mass is 32.2. The maximum absolute atomic E-state index is 13.2. The molecule has 0 bridgehead atoms. The predicted molar refractivity (Wildman–Crippen MR) is 123 cm³/mol. The molecule has 4 nitrogen and oxygen atoms in total. The van der Waals surface area contributed by atoms with E-state index in [1.54, 1.807) is 0 Å². The van der Waals surface area contributed by atoms with E-state index in [-0.39, 0.29) is 17.1 Å². The number of Topliss-reactive ketones (excluding diaryl/α,β-unsaturated/α-hetero) is 1. The van der Waals surface area contributed by atoms with Gasteiger partial charge in [0.05, 0.1) is 10.9 Å². The third-order valence-corrected chi connectivity index (χ3v) is 7.89. The summed E-state index contributed by atoms with van der Waals surface area (Å²) in [5.41, 5.74) is 4.46. The van der Waals surface area contributed by atoms with Crippen molar-refractivity contribution in [2.24, 2.45) is 0 Å². The topological polar surface area (TPSA) is 54.5 Å².